The third-order valence-electron chi connectivity index (χ3n) is 2.35. The summed E-state index contributed by atoms with van der Waals surface area (Å²) in [5.41, 5.74) is 0.232. The molecule has 1 N–H and O–H groups in total. The Kier molecular flexibility index (Phi) is 3.57. The number of ether oxygens (including phenoxy) is 1. The number of aryl methyl sites for hydroxylation is 1. The highest BCUT2D eigenvalue weighted by atomic mass is 19.1. The number of rotatable bonds is 4. The molecule has 0 aliphatic heterocycles. The Morgan fingerprint density at radius 2 is 2.22 bits per heavy atom. The molecule has 18 heavy (non-hydrogen) atoms. The third-order valence-corrected chi connectivity index (χ3v) is 2.35. The van der Waals surface area contributed by atoms with Gasteiger partial charge in [0.15, 0.2) is 6.61 Å². The molecule has 6 heteroatoms. The number of nitrogens with zero attached hydrogens (tertiary/aromatic N) is 2. The minimum Gasteiger partial charge on any atom is -0.484 e. The van der Waals surface area contributed by atoms with Gasteiger partial charge in [-0.3, -0.25) is 0 Å². The summed E-state index contributed by atoms with van der Waals surface area (Å²) < 4.78 is 24.0. The first kappa shape index (κ1) is 12.5. The monoisotopic (exact) mass is 252 g/mol. The minimum atomic E-state index is -0.849. The topological polar surface area (TPSA) is 68.4 Å². The van der Waals surface area contributed by atoms with E-state index in [0.29, 0.717) is 17.5 Å². The Labute approximate surface area is 103 Å². The van der Waals surface area contributed by atoms with Gasteiger partial charge in [-0.25, -0.2) is 4.39 Å². The van der Waals surface area contributed by atoms with Crippen LogP contribution in [0.1, 0.15) is 30.4 Å². The number of aliphatic hydroxyl groups is 1. The van der Waals surface area contributed by atoms with E-state index in [-0.39, 0.29) is 12.2 Å². The number of aromatic nitrogens is 2. The fourth-order valence-electron chi connectivity index (χ4n) is 1.48. The molecule has 0 fully saturated rings. The van der Waals surface area contributed by atoms with Gasteiger partial charge in [0.2, 0.25) is 5.89 Å². The van der Waals surface area contributed by atoms with Gasteiger partial charge in [-0.1, -0.05) is 0 Å². The Bertz CT molecular complexity index is 540. The Balaban J connectivity index is 2.04. The second-order valence-electron chi connectivity index (χ2n) is 3.86. The van der Waals surface area contributed by atoms with Crippen LogP contribution in [0.25, 0.3) is 0 Å². The van der Waals surface area contributed by atoms with Crippen molar-refractivity contribution in [1.29, 1.82) is 0 Å². The van der Waals surface area contributed by atoms with Crippen LogP contribution >= 0.6 is 0 Å². The SMILES string of the molecule is Cc1nnc(COc2ccc([C@@H](C)O)c(F)c2)o1. The highest BCUT2D eigenvalue weighted by Gasteiger charge is 2.10. The molecule has 96 valence electrons. The van der Waals surface area contributed by atoms with Crippen molar-refractivity contribution < 1.29 is 18.7 Å². The van der Waals surface area contributed by atoms with Crippen LogP contribution in [-0.4, -0.2) is 15.3 Å². The van der Waals surface area contributed by atoms with Gasteiger partial charge in [-0.05, 0) is 19.1 Å². The van der Waals surface area contributed by atoms with E-state index in [2.05, 4.69) is 10.2 Å². The van der Waals surface area contributed by atoms with Gasteiger partial charge < -0.3 is 14.3 Å². The van der Waals surface area contributed by atoms with E-state index in [1.807, 2.05) is 0 Å². The van der Waals surface area contributed by atoms with Crippen molar-refractivity contribution in [3.05, 3.63) is 41.4 Å². The molecule has 1 heterocycles. The van der Waals surface area contributed by atoms with Crippen molar-refractivity contribution in [2.75, 3.05) is 0 Å². The maximum atomic E-state index is 13.5. The molecule has 0 amide bonds. The molecule has 2 aromatic rings. The van der Waals surface area contributed by atoms with Gasteiger partial charge in [0, 0.05) is 18.6 Å². The zero-order chi connectivity index (χ0) is 13.1. The summed E-state index contributed by atoms with van der Waals surface area (Å²) in [6.45, 7) is 3.25. The van der Waals surface area contributed by atoms with Gasteiger partial charge in [-0.2, -0.15) is 0 Å². The largest absolute Gasteiger partial charge is 0.484 e. The van der Waals surface area contributed by atoms with Crippen molar-refractivity contribution in [2.45, 2.75) is 26.6 Å². The molecular formula is C12H13FN2O3. The number of halogens is 1. The van der Waals surface area contributed by atoms with Crippen molar-refractivity contribution in [3.8, 4) is 5.75 Å². The zero-order valence-corrected chi connectivity index (χ0v) is 10.1. The smallest absolute Gasteiger partial charge is 0.253 e. The molecule has 2 rings (SSSR count). The summed E-state index contributed by atoms with van der Waals surface area (Å²) >= 11 is 0. The van der Waals surface area contributed by atoms with Crippen LogP contribution in [0.15, 0.2) is 22.6 Å². The van der Waals surface area contributed by atoms with E-state index in [1.165, 1.54) is 19.1 Å². The second kappa shape index (κ2) is 5.14. The summed E-state index contributed by atoms with van der Waals surface area (Å²) in [7, 11) is 0. The maximum absolute atomic E-state index is 13.5. The van der Waals surface area contributed by atoms with Crippen LogP contribution in [0.3, 0.4) is 0 Å². The van der Waals surface area contributed by atoms with Gasteiger partial charge >= 0.3 is 0 Å². The molecule has 0 saturated heterocycles. The quantitative estimate of drug-likeness (QED) is 0.902. The summed E-state index contributed by atoms with van der Waals surface area (Å²) in [4.78, 5) is 0. The maximum Gasteiger partial charge on any atom is 0.253 e. The van der Waals surface area contributed by atoms with Crippen LogP contribution < -0.4 is 4.74 Å². The molecule has 0 saturated carbocycles. The molecular weight excluding hydrogens is 239 g/mol. The van der Waals surface area contributed by atoms with E-state index in [9.17, 15) is 9.50 Å². The van der Waals surface area contributed by atoms with Crippen LogP contribution in [0.2, 0.25) is 0 Å². The van der Waals surface area contributed by atoms with Gasteiger partial charge in [0.25, 0.3) is 5.89 Å². The Morgan fingerprint density at radius 1 is 1.44 bits per heavy atom. The van der Waals surface area contributed by atoms with E-state index in [4.69, 9.17) is 9.15 Å². The predicted molar refractivity (Wildman–Crippen MR) is 60.4 cm³/mol. The number of aliphatic hydroxyl groups excluding tert-OH is 1. The van der Waals surface area contributed by atoms with Gasteiger partial charge in [-0.15, -0.1) is 10.2 Å². The first-order valence-corrected chi connectivity index (χ1v) is 5.45. The molecule has 0 bridgehead atoms. The van der Waals surface area contributed by atoms with Crippen LogP contribution in [0, 0.1) is 12.7 Å². The molecule has 0 radical (unpaired) electrons. The first-order valence-electron chi connectivity index (χ1n) is 5.45. The molecule has 0 unspecified atom stereocenters. The molecule has 0 aliphatic carbocycles. The highest BCUT2D eigenvalue weighted by Crippen LogP contribution is 2.22. The molecule has 1 aromatic heterocycles. The average Bonchev–Trinajstić information content (AvgIpc) is 2.72. The standard InChI is InChI=1S/C12H13FN2O3/c1-7(16)10-4-3-9(5-11(10)13)17-6-12-15-14-8(2)18-12/h3-5,7,16H,6H2,1-2H3/t7-/m1/s1. The van der Waals surface area contributed by atoms with E-state index in [0.717, 1.165) is 0 Å². The van der Waals surface area contributed by atoms with Gasteiger partial charge in [0.1, 0.15) is 11.6 Å². The summed E-state index contributed by atoms with van der Waals surface area (Å²) in [6.07, 6.45) is -0.849. The van der Waals surface area contributed by atoms with Crippen molar-refractivity contribution in [2.24, 2.45) is 0 Å². The molecule has 5 nitrogen and oxygen atoms in total. The number of benzene rings is 1. The fraction of sp³-hybridized carbons (Fsp3) is 0.333. The van der Waals surface area contributed by atoms with Crippen LogP contribution in [0.4, 0.5) is 4.39 Å². The van der Waals surface area contributed by atoms with E-state index >= 15 is 0 Å². The second-order valence-corrected chi connectivity index (χ2v) is 3.86. The van der Waals surface area contributed by atoms with E-state index in [1.54, 1.807) is 13.0 Å². The summed E-state index contributed by atoms with van der Waals surface area (Å²) in [6, 6.07) is 4.27. The Morgan fingerprint density at radius 3 is 2.78 bits per heavy atom. The molecule has 1 aromatic carbocycles. The minimum absolute atomic E-state index is 0.0777. The lowest BCUT2D eigenvalue weighted by Gasteiger charge is -2.08. The Hall–Kier alpha value is -1.95. The lowest BCUT2D eigenvalue weighted by Crippen LogP contribution is -1.99. The first-order chi connectivity index (χ1) is 8.56. The zero-order valence-electron chi connectivity index (χ0n) is 10.1. The lowest BCUT2D eigenvalue weighted by atomic mass is 10.1. The average molecular weight is 252 g/mol. The fourth-order valence-corrected chi connectivity index (χ4v) is 1.48. The van der Waals surface area contributed by atoms with Gasteiger partial charge in [0.05, 0.1) is 6.10 Å². The predicted octanol–water partition coefficient (Wildman–Crippen LogP) is 2.15. The third kappa shape index (κ3) is 2.84. The summed E-state index contributed by atoms with van der Waals surface area (Å²) in [5.74, 6) is 0.605. The van der Waals surface area contributed by atoms with Crippen LogP contribution in [0.5, 0.6) is 5.75 Å². The summed E-state index contributed by atoms with van der Waals surface area (Å²) in [5, 5.41) is 16.7. The highest BCUT2D eigenvalue weighted by molar-refractivity contribution is 5.30. The molecule has 0 spiro atoms. The van der Waals surface area contributed by atoms with Crippen molar-refractivity contribution >= 4 is 0 Å². The van der Waals surface area contributed by atoms with Crippen molar-refractivity contribution in [1.82, 2.24) is 10.2 Å². The van der Waals surface area contributed by atoms with Crippen molar-refractivity contribution in [3.63, 3.8) is 0 Å². The van der Waals surface area contributed by atoms with Crippen LogP contribution in [-0.2, 0) is 6.61 Å². The lowest BCUT2D eigenvalue weighted by molar-refractivity contribution is 0.193. The number of hydrogen-bond donors (Lipinski definition) is 1. The number of hydrogen-bond acceptors (Lipinski definition) is 5. The molecule has 1 atom stereocenters. The normalized spacial score (nSPS) is 12.4. The van der Waals surface area contributed by atoms with E-state index < -0.39 is 11.9 Å². The molecule has 0 aliphatic rings.